The van der Waals surface area contributed by atoms with E-state index in [1.165, 1.54) is 0 Å². The summed E-state index contributed by atoms with van der Waals surface area (Å²) in [5.74, 6) is 0.254. The summed E-state index contributed by atoms with van der Waals surface area (Å²) in [6, 6.07) is 12.8. The number of sulfonamides is 1. The van der Waals surface area contributed by atoms with Crippen LogP contribution >= 0.6 is 11.6 Å². The molecule has 0 aliphatic heterocycles. The second kappa shape index (κ2) is 6.34. The summed E-state index contributed by atoms with van der Waals surface area (Å²) in [5, 5.41) is 1.63. The molecule has 114 valence electrons. The van der Waals surface area contributed by atoms with Crippen LogP contribution in [-0.2, 0) is 10.0 Å². The molecule has 5 heteroatoms. The molecule has 0 saturated carbocycles. The maximum Gasteiger partial charge on any atom is 0.241 e. The molecule has 0 atom stereocenters. The van der Waals surface area contributed by atoms with E-state index in [0.29, 0.717) is 17.7 Å². The zero-order valence-electron chi connectivity index (χ0n) is 12.3. The largest absolute Gasteiger partial charge is 0.241 e. The molecule has 0 fully saturated rings. The molecule has 2 rings (SSSR count). The Morgan fingerprint density at radius 3 is 2.29 bits per heavy atom. The zero-order valence-corrected chi connectivity index (χ0v) is 13.8. The van der Waals surface area contributed by atoms with E-state index >= 15 is 0 Å². The molecule has 2 aromatic carbocycles. The van der Waals surface area contributed by atoms with Crippen molar-refractivity contribution in [3.8, 4) is 0 Å². The second-order valence-electron chi connectivity index (χ2n) is 5.20. The highest BCUT2D eigenvalue weighted by Gasteiger charge is 2.31. The van der Waals surface area contributed by atoms with Crippen molar-refractivity contribution >= 4 is 32.4 Å². The van der Waals surface area contributed by atoms with E-state index in [9.17, 15) is 8.42 Å². The third-order valence-corrected chi connectivity index (χ3v) is 6.15. The van der Waals surface area contributed by atoms with Crippen LogP contribution in [0, 0.1) is 0 Å². The summed E-state index contributed by atoms with van der Waals surface area (Å²) in [7, 11) is -3.62. The highest BCUT2D eigenvalue weighted by atomic mass is 35.5. The fourth-order valence-corrected chi connectivity index (χ4v) is 4.68. The van der Waals surface area contributed by atoms with Gasteiger partial charge in [-0.25, -0.2) is 13.1 Å². The lowest BCUT2D eigenvalue weighted by molar-refractivity contribution is 0.394. The van der Waals surface area contributed by atoms with Crippen molar-refractivity contribution in [2.75, 3.05) is 5.88 Å². The van der Waals surface area contributed by atoms with Crippen LogP contribution in [0.3, 0.4) is 0 Å². The molecule has 2 aromatic rings. The molecule has 0 radical (unpaired) electrons. The molecule has 21 heavy (non-hydrogen) atoms. The van der Waals surface area contributed by atoms with Crippen LogP contribution < -0.4 is 4.72 Å². The van der Waals surface area contributed by atoms with Crippen molar-refractivity contribution in [1.29, 1.82) is 0 Å². The van der Waals surface area contributed by atoms with Crippen molar-refractivity contribution in [2.24, 2.45) is 0 Å². The molecule has 3 nitrogen and oxygen atoms in total. The lowest BCUT2D eigenvalue weighted by atomic mass is 9.97. The van der Waals surface area contributed by atoms with E-state index in [1.54, 1.807) is 12.1 Å². The fourth-order valence-electron chi connectivity index (χ4n) is 2.38. The maximum absolute atomic E-state index is 12.8. The smallest absolute Gasteiger partial charge is 0.207 e. The first-order valence-corrected chi connectivity index (χ1v) is 9.07. The standard InChI is InChI=1S/C16H20ClNO2S/c1-3-16(4-2,12-17)18-21(19,20)15-11-7-9-13-8-5-6-10-14(13)15/h5-11,18H,3-4,12H2,1-2H3. The van der Waals surface area contributed by atoms with Crippen LogP contribution in [-0.4, -0.2) is 19.8 Å². The van der Waals surface area contributed by atoms with Crippen LogP contribution in [0.5, 0.6) is 0 Å². The van der Waals surface area contributed by atoms with Crippen molar-refractivity contribution in [3.63, 3.8) is 0 Å². The highest BCUT2D eigenvalue weighted by molar-refractivity contribution is 7.89. The van der Waals surface area contributed by atoms with Gasteiger partial charge in [-0.3, -0.25) is 0 Å². The highest BCUT2D eigenvalue weighted by Crippen LogP contribution is 2.26. The second-order valence-corrected chi connectivity index (χ2v) is 7.12. The number of hydrogen-bond acceptors (Lipinski definition) is 2. The first-order valence-electron chi connectivity index (χ1n) is 7.06. The first-order chi connectivity index (χ1) is 9.98. The molecular weight excluding hydrogens is 306 g/mol. The molecule has 0 unspecified atom stereocenters. The molecule has 0 aliphatic carbocycles. The number of hydrogen-bond donors (Lipinski definition) is 1. The van der Waals surface area contributed by atoms with E-state index in [4.69, 9.17) is 11.6 Å². The van der Waals surface area contributed by atoms with Crippen LogP contribution in [0.4, 0.5) is 0 Å². The van der Waals surface area contributed by atoms with Gasteiger partial charge >= 0.3 is 0 Å². The average Bonchev–Trinajstić information content (AvgIpc) is 2.52. The molecule has 0 amide bonds. The van der Waals surface area contributed by atoms with Crippen molar-refractivity contribution < 1.29 is 8.42 Å². The van der Waals surface area contributed by atoms with E-state index in [1.807, 2.05) is 44.2 Å². The SMILES string of the molecule is CCC(CC)(CCl)NS(=O)(=O)c1cccc2ccccc12. The summed E-state index contributed by atoms with van der Waals surface area (Å²) in [5.41, 5.74) is -0.600. The number of rotatable bonds is 6. The molecule has 0 spiro atoms. The molecule has 0 aromatic heterocycles. The predicted octanol–water partition coefficient (Wildman–Crippen LogP) is 3.92. The monoisotopic (exact) mass is 325 g/mol. The Morgan fingerprint density at radius 2 is 1.67 bits per heavy atom. The summed E-state index contributed by atoms with van der Waals surface area (Å²) in [6.45, 7) is 3.88. The average molecular weight is 326 g/mol. The number of halogens is 1. The van der Waals surface area contributed by atoms with Gasteiger partial charge in [0.1, 0.15) is 0 Å². The zero-order chi connectivity index (χ0) is 15.5. The Bertz CT molecular complexity index is 710. The van der Waals surface area contributed by atoms with Gasteiger partial charge in [-0.2, -0.15) is 0 Å². The molecule has 0 heterocycles. The Labute approximate surface area is 131 Å². The Kier molecular flexibility index (Phi) is 4.91. The van der Waals surface area contributed by atoms with Gasteiger partial charge in [0.2, 0.25) is 10.0 Å². The topological polar surface area (TPSA) is 46.2 Å². The number of nitrogens with one attached hydrogen (secondary N) is 1. The van der Waals surface area contributed by atoms with Gasteiger partial charge in [-0.15, -0.1) is 11.6 Å². The summed E-state index contributed by atoms with van der Waals surface area (Å²) in [6.07, 6.45) is 1.30. The summed E-state index contributed by atoms with van der Waals surface area (Å²) >= 11 is 6.01. The number of alkyl halides is 1. The molecule has 0 aliphatic rings. The van der Waals surface area contributed by atoms with Crippen molar-refractivity contribution in [1.82, 2.24) is 4.72 Å². The third kappa shape index (κ3) is 3.23. The van der Waals surface area contributed by atoms with E-state index in [2.05, 4.69) is 4.72 Å². The minimum atomic E-state index is -3.62. The Balaban J connectivity index is 2.52. The molecule has 1 N–H and O–H groups in total. The Morgan fingerprint density at radius 1 is 1.05 bits per heavy atom. The minimum Gasteiger partial charge on any atom is -0.207 e. The van der Waals surface area contributed by atoms with Gasteiger partial charge < -0.3 is 0 Å². The normalized spacial score (nSPS) is 12.7. The fraction of sp³-hybridized carbons (Fsp3) is 0.375. The molecule has 0 bridgehead atoms. The number of benzene rings is 2. The number of fused-ring (bicyclic) bond motifs is 1. The minimum absolute atomic E-state index is 0.254. The van der Waals surface area contributed by atoms with Gasteiger partial charge in [0.15, 0.2) is 0 Å². The van der Waals surface area contributed by atoms with Crippen molar-refractivity contribution in [2.45, 2.75) is 37.1 Å². The van der Waals surface area contributed by atoms with Crippen LogP contribution in [0.1, 0.15) is 26.7 Å². The van der Waals surface area contributed by atoms with Gasteiger partial charge in [0, 0.05) is 16.8 Å². The maximum atomic E-state index is 12.8. The third-order valence-electron chi connectivity index (χ3n) is 4.00. The summed E-state index contributed by atoms with van der Waals surface area (Å²) in [4.78, 5) is 0.303. The van der Waals surface area contributed by atoms with Gasteiger partial charge in [0.25, 0.3) is 0 Å². The van der Waals surface area contributed by atoms with Gasteiger partial charge in [0.05, 0.1) is 4.90 Å². The Hall–Kier alpha value is -1.10. The predicted molar refractivity (Wildman–Crippen MR) is 88.3 cm³/mol. The van der Waals surface area contributed by atoms with E-state index in [-0.39, 0.29) is 5.88 Å². The first kappa shape index (κ1) is 16.3. The molecule has 0 saturated heterocycles. The van der Waals surface area contributed by atoms with Gasteiger partial charge in [-0.1, -0.05) is 50.2 Å². The lowest BCUT2D eigenvalue weighted by Gasteiger charge is -2.30. The lowest BCUT2D eigenvalue weighted by Crippen LogP contribution is -2.49. The summed E-state index contributed by atoms with van der Waals surface area (Å²) < 4.78 is 28.3. The van der Waals surface area contributed by atoms with Crippen LogP contribution in [0.2, 0.25) is 0 Å². The van der Waals surface area contributed by atoms with Crippen LogP contribution in [0.25, 0.3) is 10.8 Å². The quantitative estimate of drug-likeness (QED) is 0.818. The van der Waals surface area contributed by atoms with E-state index < -0.39 is 15.6 Å². The van der Waals surface area contributed by atoms with E-state index in [0.717, 1.165) is 10.8 Å². The molecular formula is C16H20ClNO2S. The van der Waals surface area contributed by atoms with Gasteiger partial charge in [-0.05, 0) is 24.3 Å². The van der Waals surface area contributed by atoms with Crippen LogP contribution in [0.15, 0.2) is 47.4 Å². The van der Waals surface area contributed by atoms with Crippen molar-refractivity contribution in [3.05, 3.63) is 42.5 Å².